The van der Waals surface area contributed by atoms with Crippen molar-refractivity contribution in [2.75, 3.05) is 9.80 Å². The number of fused-ring (bicyclic) bond motifs is 2. The normalized spacial score (nSPS) is 11.7. The highest BCUT2D eigenvalue weighted by Gasteiger charge is 2.25. The van der Waals surface area contributed by atoms with Crippen molar-refractivity contribution in [3.05, 3.63) is 187 Å². The molecule has 1 heterocycles. The van der Waals surface area contributed by atoms with Crippen LogP contribution in [0.5, 0.6) is 0 Å². The minimum Gasteiger partial charge on any atom is -0.309 e. The van der Waals surface area contributed by atoms with Crippen LogP contribution in [-0.2, 0) is 0 Å². The van der Waals surface area contributed by atoms with Crippen LogP contribution in [0.15, 0.2) is 176 Å². The molecule has 0 spiro atoms. The molecule has 10 rings (SSSR count). The molecule has 0 bridgehead atoms. The van der Waals surface area contributed by atoms with Gasteiger partial charge in [0.15, 0.2) is 0 Å². The fraction of sp³-hybridized carbons (Fsp3) is 0.0408. The Bertz CT molecular complexity index is 2720. The van der Waals surface area contributed by atoms with Crippen molar-refractivity contribution in [1.82, 2.24) is 4.98 Å². The van der Waals surface area contributed by atoms with Gasteiger partial charge in [-0.15, -0.1) is 0 Å². The van der Waals surface area contributed by atoms with Gasteiger partial charge in [0.05, 0.1) is 22.7 Å². The number of hydrogen-bond acceptors (Lipinski definition) is 3. The van der Waals surface area contributed by atoms with E-state index in [0.717, 1.165) is 28.6 Å². The zero-order valence-corrected chi connectivity index (χ0v) is 29.1. The molecule has 3 heteroatoms. The van der Waals surface area contributed by atoms with Gasteiger partial charge < -0.3 is 4.90 Å². The molecular formula is C49H35N3. The van der Waals surface area contributed by atoms with Crippen molar-refractivity contribution < 1.29 is 0 Å². The fourth-order valence-electron chi connectivity index (χ4n) is 8.33. The van der Waals surface area contributed by atoms with Crippen LogP contribution in [-0.4, -0.2) is 4.98 Å². The Balaban J connectivity index is 1.31. The maximum Gasteiger partial charge on any atom is 0.137 e. The van der Waals surface area contributed by atoms with Crippen molar-refractivity contribution in [1.29, 1.82) is 0 Å². The van der Waals surface area contributed by atoms with Crippen molar-refractivity contribution in [2.24, 2.45) is 0 Å². The first-order valence-electron chi connectivity index (χ1n) is 17.9. The van der Waals surface area contributed by atoms with Gasteiger partial charge in [-0.05, 0) is 106 Å². The van der Waals surface area contributed by atoms with Gasteiger partial charge in [-0.3, -0.25) is 4.90 Å². The predicted octanol–water partition coefficient (Wildman–Crippen LogP) is 13.8. The highest BCUT2D eigenvalue weighted by molar-refractivity contribution is 6.29. The molecule has 52 heavy (non-hydrogen) atoms. The Morgan fingerprint density at radius 2 is 0.846 bits per heavy atom. The van der Waals surface area contributed by atoms with E-state index in [-0.39, 0.29) is 0 Å². The zero-order chi connectivity index (χ0) is 34.8. The molecule has 9 aromatic carbocycles. The van der Waals surface area contributed by atoms with Crippen molar-refractivity contribution in [2.45, 2.75) is 13.8 Å². The molecule has 0 unspecified atom stereocenters. The third-order valence-corrected chi connectivity index (χ3v) is 10.7. The van der Waals surface area contributed by atoms with Crippen LogP contribution < -0.4 is 9.80 Å². The Morgan fingerprint density at radius 1 is 0.365 bits per heavy atom. The van der Waals surface area contributed by atoms with Crippen molar-refractivity contribution >= 4 is 88.1 Å². The zero-order valence-electron chi connectivity index (χ0n) is 29.1. The molecule has 246 valence electrons. The van der Waals surface area contributed by atoms with Gasteiger partial charge in [-0.25, -0.2) is 4.98 Å². The van der Waals surface area contributed by atoms with Gasteiger partial charge in [0.25, 0.3) is 0 Å². The molecule has 0 aliphatic rings. The maximum absolute atomic E-state index is 4.94. The monoisotopic (exact) mass is 665 g/mol. The summed E-state index contributed by atoms with van der Waals surface area (Å²) in [4.78, 5) is 9.74. The number of benzene rings is 9. The highest BCUT2D eigenvalue weighted by Crippen LogP contribution is 2.50. The van der Waals surface area contributed by atoms with Crippen molar-refractivity contribution in [3.8, 4) is 0 Å². The third kappa shape index (κ3) is 4.63. The van der Waals surface area contributed by atoms with Gasteiger partial charge in [-0.2, -0.15) is 0 Å². The molecule has 3 nitrogen and oxygen atoms in total. The Kier molecular flexibility index (Phi) is 6.94. The van der Waals surface area contributed by atoms with Crippen LogP contribution in [0.2, 0.25) is 0 Å². The quantitative estimate of drug-likeness (QED) is 0.165. The molecule has 0 aliphatic heterocycles. The van der Waals surface area contributed by atoms with Gasteiger partial charge in [-0.1, -0.05) is 121 Å². The second-order valence-electron chi connectivity index (χ2n) is 13.7. The molecule has 0 radical (unpaired) electrons. The van der Waals surface area contributed by atoms with E-state index in [1.807, 2.05) is 12.3 Å². The van der Waals surface area contributed by atoms with Gasteiger partial charge in [0.1, 0.15) is 5.82 Å². The predicted molar refractivity (Wildman–Crippen MR) is 222 cm³/mol. The molecule has 0 saturated heterocycles. The van der Waals surface area contributed by atoms with Crippen LogP contribution in [0.3, 0.4) is 0 Å². The van der Waals surface area contributed by atoms with E-state index in [9.17, 15) is 0 Å². The van der Waals surface area contributed by atoms with Crippen LogP contribution >= 0.6 is 0 Å². The third-order valence-electron chi connectivity index (χ3n) is 10.7. The van der Waals surface area contributed by atoms with Crippen molar-refractivity contribution in [3.63, 3.8) is 0 Å². The summed E-state index contributed by atoms with van der Waals surface area (Å²) in [5, 5.41) is 12.4. The summed E-state index contributed by atoms with van der Waals surface area (Å²) in [5.74, 6) is 0.886. The minimum atomic E-state index is 0.886. The summed E-state index contributed by atoms with van der Waals surface area (Å²) >= 11 is 0. The van der Waals surface area contributed by atoms with Crippen LogP contribution in [0.4, 0.5) is 34.3 Å². The van der Waals surface area contributed by atoms with Crippen LogP contribution in [0.25, 0.3) is 53.9 Å². The molecule has 0 saturated carbocycles. The van der Waals surface area contributed by atoms with Gasteiger partial charge in [0.2, 0.25) is 0 Å². The van der Waals surface area contributed by atoms with E-state index < -0.39 is 0 Å². The smallest absolute Gasteiger partial charge is 0.137 e. The largest absolute Gasteiger partial charge is 0.309 e. The van der Waals surface area contributed by atoms with E-state index in [1.54, 1.807) is 0 Å². The van der Waals surface area contributed by atoms with E-state index in [1.165, 1.54) is 70.7 Å². The summed E-state index contributed by atoms with van der Waals surface area (Å²) < 4.78 is 0. The summed E-state index contributed by atoms with van der Waals surface area (Å²) in [5.41, 5.74) is 8.16. The lowest BCUT2D eigenvalue weighted by Crippen LogP contribution is -2.13. The summed E-state index contributed by atoms with van der Waals surface area (Å²) in [6.45, 7) is 4.50. The molecule has 10 aromatic rings. The number of nitrogens with zero attached hydrogens (tertiary/aromatic N) is 3. The topological polar surface area (TPSA) is 19.4 Å². The number of hydrogen-bond donors (Lipinski definition) is 0. The Labute approximate surface area is 303 Å². The molecule has 1 aromatic heterocycles. The lowest BCUT2D eigenvalue weighted by molar-refractivity contribution is 1.19. The maximum atomic E-state index is 4.94. The second kappa shape index (κ2) is 12.0. The molecule has 0 fully saturated rings. The van der Waals surface area contributed by atoms with E-state index in [2.05, 4.69) is 187 Å². The average molecular weight is 666 g/mol. The number of aryl methyl sites for hydroxylation is 2. The molecule has 0 atom stereocenters. The SMILES string of the molecule is Cc1cc(N(c2ccccc2)c2cccc3ccccc23)c2ccc3c(C)cc(N(c4ccccn4)c4cccc5ccccc45)c4ccc1c2c34. The lowest BCUT2D eigenvalue weighted by atomic mass is 9.88. The highest BCUT2D eigenvalue weighted by atomic mass is 15.2. The standard InChI is InChI=1S/C49H35N3/c1-32-30-45(51(36-18-4-3-5-19-36)43-22-12-16-34-14-6-8-20-39(34)43)41-27-25-38-33(2)31-46(42-28-26-37(32)48(41)49(38)42)52(47-24-10-11-29-50-47)44-23-13-17-35-15-7-9-21-40(35)44/h3-31H,1-2H3. The molecular weight excluding hydrogens is 631 g/mol. The van der Waals surface area contributed by atoms with Gasteiger partial charge >= 0.3 is 0 Å². The lowest BCUT2D eigenvalue weighted by Gasteiger charge is -2.30. The Hall–Kier alpha value is -6.71. The van der Waals surface area contributed by atoms with Crippen LogP contribution in [0.1, 0.15) is 11.1 Å². The number of pyridine rings is 1. The first-order chi connectivity index (χ1) is 25.7. The molecule has 0 aliphatic carbocycles. The Morgan fingerprint density at radius 3 is 1.42 bits per heavy atom. The van der Waals surface area contributed by atoms with E-state index in [0.29, 0.717) is 0 Å². The van der Waals surface area contributed by atoms with Crippen LogP contribution in [0, 0.1) is 13.8 Å². The number of aromatic nitrogens is 1. The minimum absolute atomic E-state index is 0.886. The number of anilines is 6. The number of para-hydroxylation sites is 1. The summed E-state index contributed by atoms with van der Waals surface area (Å²) in [7, 11) is 0. The first-order valence-corrected chi connectivity index (χ1v) is 17.9. The summed E-state index contributed by atoms with van der Waals surface area (Å²) in [6.07, 6.45) is 1.89. The van der Waals surface area contributed by atoms with E-state index in [4.69, 9.17) is 4.98 Å². The summed E-state index contributed by atoms with van der Waals surface area (Å²) in [6, 6.07) is 61.5. The van der Waals surface area contributed by atoms with E-state index >= 15 is 0 Å². The first kappa shape index (κ1) is 30.1. The van der Waals surface area contributed by atoms with Gasteiger partial charge in [0, 0.05) is 33.4 Å². The number of rotatable bonds is 6. The average Bonchev–Trinajstić information content (AvgIpc) is 3.20. The molecule has 0 amide bonds. The molecule has 0 N–H and O–H groups in total. The second-order valence-corrected chi connectivity index (χ2v) is 13.7. The fourth-order valence-corrected chi connectivity index (χ4v) is 8.33.